The third kappa shape index (κ3) is 4.52. The smallest absolute Gasteiger partial charge is 0.0370 e. The van der Waals surface area contributed by atoms with Crippen LogP contribution in [0.5, 0.6) is 0 Å². The van der Waals surface area contributed by atoms with Gasteiger partial charge in [0.2, 0.25) is 0 Å². The van der Waals surface area contributed by atoms with Crippen LogP contribution in [0, 0.1) is 13.8 Å². The van der Waals surface area contributed by atoms with Gasteiger partial charge in [0.1, 0.15) is 0 Å². The summed E-state index contributed by atoms with van der Waals surface area (Å²) in [7, 11) is 0. The van der Waals surface area contributed by atoms with E-state index in [9.17, 15) is 0 Å². The second-order valence-electron chi connectivity index (χ2n) is 4.38. The van der Waals surface area contributed by atoms with Gasteiger partial charge in [-0.25, -0.2) is 0 Å². The van der Waals surface area contributed by atoms with E-state index in [1.54, 1.807) is 0 Å². The van der Waals surface area contributed by atoms with E-state index in [-0.39, 0.29) is 0 Å². The summed E-state index contributed by atoms with van der Waals surface area (Å²) in [4.78, 5) is 0. The molecule has 0 aliphatic carbocycles. The van der Waals surface area contributed by atoms with Crippen LogP contribution in [0.3, 0.4) is 0 Å². The second kappa shape index (κ2) is 7.10. The van der Waals surface area contributed by atoms with Crippen molar-refractivity contribution in [3.8, 4) is 0 Å². The fraction of sp³-hybridized carbons (Fsp3) is 0.467. The summed E-state index contributed by atoms with van der Waals surface area (Å²) in [6.45, 7) is 9.09. The number of anilines is 1. The van der Waals surface area contributed by atoms with Gasteiger partial charge in [-0.3, -0.25) is 0 Å². The molecule has 0 spiro atoms. The average Bonchev–Trinajstić information content (AvgIpc) is 2.26. The maximum absolute atomic E-state index is 3.73. The first-order valence-electron chi connectivity index (χ1n) is 6.16. The molecular formula is C15H23N. The zero-order valence-corrected chi connectivity index (χ0v) is 10.6. The lowest BCUT2D eigenvalue weighted by Crippen LogP contribution is -2.02. The van der Waals surface area contributed by atoms with Crippen LogP contribution < -0.4 is 5.32 Å². The summed E-state index contributed by atoms with van der Waals surface area (Å²) in [6, 6.07) is 6.56. The molecule has 1 rings (SSSR count). The standard InChI is InChI=1S/C15H23N/c1-4-5-6-7-8-11-16-15-10-9-13(2)12-14(15)3/h4,9-10,12,16H,1,5-8,11H2,2-3H3. The SMILES string of the molecule is C=CCCCCCNc1ccc(C)cc1C. The molecule has 0 atom stereocenters. The van der Waals surface area contributed by atoms with Crippen LogP contribution >= 0.6 is 0 Å². The predicted molar refractivity (Wildman–Crippen MR) is 73.1 cm³/mol. The van der Waals surface area contributed by atoms with E-state index in [1.165, 1.54) is 36.1 Å². The van der Waals surface area contributed by atoms with Crippen molar-refractivity contribution in [3.05, 3.63) is 42.0 Å². The molecule has 1 aromatic carbocycles. The molecule has 0 saturated carbocycles. The lowest BCUT2D eigenvalue weighted by atomic mass is 10.1. The number of nitrogens with one attached hydrogen (secondary N) is 1. The molecule has 0 aliphatic heterocycles. The highest BCUT2D eigenvalue weighted by Gasteiger charge is 1.96. The largest absolute Gasteiger partial charge is 0.385 e. The Morgan fingerprint density at radius 1 is 1.19 bits per heavy atom. The molecule has 0 aliphatic rings. The molecule has 88 valence electrons. The van der Waals surface area contributed by atoms with E-state index in [0.29, 0.717) is 0 Å². The van der Waals surface area contributed by atoms with Crippen LogP contribution in [0.25, 0.3) is 0 Å². The van der Waals surface area contributed by atoms with Gasteiger partial charge in [-0.1, -0.05) is 30.2 Å². The van der Waals surface area contributed by atoms with Gasteiger partial charge in [-0.05, 0) is 44.7 Å². The Balaban J connectivity index is 2.24. The van der Waals surface area contributed by atoms with E-state index < -0.39 is 0 Å². The van der Waals surface area contributed by atoms with Crippen molar-refractivity contribution in [2.75, 3.05) is 11.9 Å². The molecule has 0 heterocycles. The van der Waals surface area contributed by atoms with Gasteiger partial charge in [0, 0.05) is 12.2 Å². The molecule has 0 unspecified atom stereocenters. The molecule has 0 saturated heterocycles. The lowest BCUT2D eigenvalue weighted by Gasteiger charge is -2.09. The maximum Gasteiger partial charge on any atom is 0.0370 e. The van der Waals surface area contributed by atoms with Gasteiger partial charge >= 0.3 is 0 Å². The normalized spacial score (nSPS) is 10.1. The van der Waals surface area contributed by atoms with E-state index in [0.717, 1.165) is 13.0 Å². The van der Waals surface area contributed by atoms with Crippen molar-refractivity contribution < 1.29 is 0 Å². The Labute approximate surface area is 99.6 Å². The number of unbranched alkanes of at least 4 members (excludes halogenated alkanes) is 3. The molecule has 1 N–H and O–H groups in total. The van der Waals surface area contributed by atoms with Crippen molar-refractivity contribution in [2.45, 2.75) is 39.5 Å². The van der Waals surface area contributed by atoms with Crippen LogP contribution in [0.2, 0.25) is 0 Å². The topological polar surface area (TPSA) is 12.0 Å². The predicted octanol–water partition coefficient (Wildman–Crippen LogP) is 4.46. The van der Waals surface area contributed by atoms with Crippen LogP contribution in [0.1, 0.15) is 36.8 Å². The highest BCUT2D eigenvalue weighted by molar-refractivity contribution is 5.51. The summed E-state index contributed by atoms with van der Waals surface area (Å²) < 4.78 is 0. The quantitative estimate of drug-likeness (QED) is 0.525. The van der Waals surface area contributed by atoms with E-state index in [2.05, 4.69) is 43.9 Å². The van der Waals surface area contributed by atoms with Crippen molar-refractivity contribution in [3.63, 3.8) is 0 Å². The Hall–Kier alpha value is -1.24. The van der Waals surface area contributed by atoms with Gasteiger partial charge in [0.25, 0.3) is 0 Å². The molecule has 1 aromatic rings. The molecule has 0 radical (unpaired) electrons. The second-order valence-corrected chi connectivity index (χ2v) is 4.38. The van der Waals surface area contributed by atoms with Gasteiger partial charge in [-0.2, -0.15) is 0 Å². The molecule has 1 heteroatoms. The minimum Gasteiger partial charge on any atom is -0.385 e. The maximum atomic E-state index is 3.73. The number of allylic oxidation sites excluding steroid dienone is 1. The van der Waals surface area contributed by atoms with Crippen LogP contribution in [-0.4, -0.2) is 6.54 Å². The van der Waals surface area contributed by atoms with E-state index >= 15 is 0 Å². The van der Waals surface area contributed by atoms with E-state index in [1.807, 2.05) is 6.08 Å². The molecule has 0 bridgehead atoms. The molecular weight excluding hydrogens is 194 g/mol. The van der Waals surface area contributed by atoms with Crippen LogP contribution in [0.4, 0.5) is 5.69 Å². The summed E-state index contributed by atoms with van der Waals surface area (Å²) in [5.74, 6) is 0. The van der Waals surface area contributed by atoms with Crippen LogP contribution in [0.15, 0.2) is 30.9 Å². The van der Waals surface area contributed by atoms with Crippen LogP contribution in [-0.2, 0) is 0 Å². The Bertz CT molecular complexity index is 328. The molecule has 1 nitrogen and oxygen atoms in total. The number of benzene rings is 1. The zero-order valence-electron chi connectivity index (χ0n) is 10.6. The van der Waals surface area contributed by atoms with E-state index in [4.69, 9.17) is 0 Å². The first kappa shape index (κ1) is 12.8. The lowest BCUT2D eigenvalue weighted by molar-refractivity contribution is 0.708. The Morgan fingerprint density at radius 3 is 2.69 bits per heavy atom. The van der Waals surface area contributed by atoms with Crippen molar-refractivity contribution >= 4 is 5.69 Å². The molecule has 0 amide bonds. The minimum atomic E-state index is 1.07. The zero-order chi connectivity index (χ0) is 11.8. The molecule has 0 aromatic heterocycles. The first-order chi connectivity index (χ1) is 7.74. The van der Waals surface area contributed by atoms with Crippen molar-refractivity contribution in [1.29, 1.82) is 0 Å². The monoisotopic (exact) mass is 217 g/mol. The fourth-order valence-electron chi connectivity index (χ4n) is 1.83. The van der Waals surface area contributed by atoms with Crippen molar-refractivity contribution in [2.24, 2.45) is 0 Å². The third-order valence-electron chi connectivity index (χ3n) is 2.78. The first-order valence-corrected chi connectivity index (χ1v) is 6.16. The minimum absolute atomic E-state index is 1.07. The van der Waals surface area contributed by atoms with Crippen molar-refractivity contribution in [1.82, 2.24) is 0 Å². The molecule has 0 fully saturated rings. The van der Waals surface area contributed by atoms with Gasteiger partial charge in [-0.15, -0.1) is 6.58 Å². The average molecular weight is 217 g/mol. The summed E-state index contributed by atoms with van der Waals surface area (Å²) >= 11 is 0. The Morgan fingerprint density at radius 2 is 2.00 bits per heavy atom. The Kier molecular flexibility index (Phi) is 5.69. The molecule has 16 heavy (non-hydrogen) atoms. The fourth-order valence-corrected chi connectivity index (χ4v) is 1.83. The number of hydrogen-bond donors (Lipinski definition) is 1. The summed E-state index contributed by atoms with van der Waals surface area (Å²) in [6.07, 6.45) is 6.92. The highest BCUT2D eigenvalue weighted by atomic mass is 14.9. The number of rotatable bonds is 7. The van der Waals surface area contributed by atoms with Gasteiger partial charge in [0.05, 0.1) is 0 Å². The highest BCUT2D eigenvalue weighted by Crippen LogP contribution is 2.16. The number of aryl methyl sites for hydroxylation is 2. The summed E-state index contributed by atoms with van der Waals surface area (Å²) in [5, 5.41) is 3.49. The van der Waals surface area contributed by atoms with Gasteiger partial charge < -0.3 is 5.32 Å². The third-order valence-corrected chi connectivity index (χ3v) is 2.78. The number of hydrogen-bond acceptors (Lipinski definition) is 1. The van der Waals surface area contributed by atoms with Gasteiger partial charge in [0.15, 0.2) is 0 Å². The summed E-state index contributed by atoms with van der Waals surface area (Å²) in [5.41, 5.74) is 3.94.